The van der Waals surface area contributed by atoms with Gasteiger partial charge in [0, 0.05) is 17.6 Å². The molecular formula is C17H16Cl2N2O2. The van der Waals surface area contributed by atoms with Crippen molar-refractivity contribution in [3.05, 3.63) is 57.8 Å². The predicted molar refractivity (Wildman–Crippen MR) is 92.1 cm³/mol. The Morgan fingerprint density at radius 2 is 1.91 bits per heavy atom. The molecule has 0 aliphatic heterocycles. The smallest absolute Gasteiger partial charge is 0.140 e. The molecular weight excluding hydrogens is 335 g/mol. The third-order valence-electron chi connectivity index (χ3n) is 3.65. The average Bonchev–Trinajstić information content (AvgIpc) is 2.90. The minimum Gasteiger partial charge on any atom is -0.487 e. The summed E-state index contributed by atoms with van der Waals surface area (Å²) in [6, 6.07) is 11.1. The van der Waals surface area contributed by atoms with E-state index in [0.29, 0.717) is 34.8 Å². The fourth-order valence-electron chi connectivity index (χ4n) is 2.50. The Kier molecular flexibility index (Phi) is 4.76. The van der Waals surface area contributed by atoms with Gasteiger partial charge in [-0.3, -0.25) is 0 Å². The highest BCUT2D eigenvalue weighted by atomic mass is 35.5. The van der Waals surface area contributed by atoms with Crippen LogP contribution in [0.3, 0.4) is 0 Å². The van der Waals surface area contributed by atoms with Crippen LogP contribution in [0.25, 0.3) is 11.0 Å². The maximum atomic E-state index is 9.41. The highest BCUT2D eigenvalue weighted by Gasteiger charge is 2.13. The lowest BCUT2D eigenvalue weighted by atomic mass is 10.2. The number of aliphatic hydroxyl groups is 1. The van der Waals surface area contributed by atoms with Gasteiger partial charge in [0.15, 0.2) is 0 Å². The second-order valence-electron chi connectivity index (χ2n) is 5.12. The number of benzene rings is 2. The van der Waals surface area contributed by atoms with Crippen LogP contribution in [0, 0.1) is 0 Å². The molecule has 0 spiro atoms. The second kappa shape index (κ2) is 6.79. The van der Waals surface area contributed by atoms with Gasteiger partial charge in [-0.2, -0.15) is 0 Å². The Balaban J connectivity index is 1.90. The standard InChI is InChI=1S/C17H16Cl2N2O2/c1-2-21-15-8-16(13(19)7-14(15)20-17(21)9-22)23-10-11-3-5-12(18)6-4-11/h3-8,22H,2,9-10H2,1H3. The normalized spacial score (nSPS) is 11.1. The second-order valence-corrected chi connectivity index (χ2v) is 5.96. The van der Waals surface area contributed by atoms with Gasteiger partial charge in [-0.1, -0.05) is 35.3 Å². The van der Waals surface area contributed by atoms with E-state index in [1.807, 2.05) is 41.8 Å². The van der Waals surface area contributed by atoms with E-state index >= 15 is 0 Å². The molecule has 6 heteroatoms. The van der Waals surface area contributed by atoms with Crippen molar-refractivity contribution in [2.75, 3.05) is 0 Å². The zero-order valence-electron chi connectivity index (χ0n) is 12.6. The monoisotopic (exact) mass is 350 g/mol. The van der Waals surface area contributed by atoms with E-state index in [1.165, 1.54) is 0 Å². The molecule has 0 saturated carbocycles. The van der Waals surface area contributed by atoms with Gasteiger partial charge in [0.2, 0.25) is 0 Å². The summed E-state index contributed by atoms with van der Waals surface area (Å²) >= 11 is 12.2. The molecule has 3 rings (SSSR count). The third kappa shape index (κ3) is 3.29. The van der Waals surface area contributed by atoms with Crippen molar-refractivity contribution in [3.8, 4) is 5.75 Å². The fraction of sp³-hybridized carbons (Fsp3) is 0.235. The summed E-state index contributed by atoms with van der Waals surface area (Å²) in [5.74, 6) is 1.21. The molecule has 0 fully saturated rings. The summed E-state index contributed by atoms with van der Waals surface area (Å²) < 4.78 is 7.78. The van der Waals surface area contributed by atoms with Crippen LogP contribution in [0.5, 0.6) is 5.75 Å². The van der Waals surface area contributed by atoms with Crippen LogP contribution in [-0.2, 0) is 19.8 Å². The third-order valence-corrected chi connectivity index (χ3v) is 4.19. The lowest BCUT2D eigenvalue weighted by Crippen LogP contribution is -2.01. The number of ether oxygens (including phenoxy) is 1. The zero-order chi connectivity index (χ0) is 16.4. The number of halogens is 2. The lowest BCUT2D eigenvalue weighted by Gasteiger charge is -2.10. The van der Waals surface area contributed by atoms with Gasteiger partial charge in [0.05, 0.1) is 16.1 Å². The summed E-state index contributed by atoms with van der Waals surface area (Å²) in [7, 11) is 0. The van der Waals surface area contributed by atoms with E-state index in [0.717, 1.165) is 16.6 Å². The quantitative estimate of drug-likeness (QED) is 0.740. The molecule has 0 saturated heterocycles. The molecule has 0 aliphatic rings. The van der Waals surface area contributed by atoms with Crippen molar-refractivity contribution in [1.29, 1.82) is 0 Å². The number of aliphatic hydroxyl groups excluding tert-OH is 1. The SMILES string of the molecule is CCn1c(CO)nc2cc(Cl)c(OCc3ccc(Cl)cc3)cc21. The van der Waals surface area contributed by atoms with Gasteiger partial charge in [0.1, 0.15) is 24.8 Å². The molecule has 1 aromatic heterocycles. The van der Waals surface area contributed by atoms with Crippen molar-refractivity contribution < 1.29 is 9.84 Å². The first-order valence-electron chi connectivity index (χ1n) is 7.29. The van der Waals surface area contributed by atoms with E-state index in [-0.39, 0.29) is 6.61 Å². The molecule has 0 aliphatic carbocycles. The van der Waals surface area contributed by atoms with Crippen LogP contribution >= 0.6 is 23.2 Å². The molecule has 0 amide bonds. The first kappa shape index (κ1) is 16.1. The van der Waals surface area contributed by atoms with E-state index in [1.54, 1.807) is 6.07 Å². The van der Waals surface area contributed by atoms with Crippen molar-refractivity contribution in [3.63, 3.8) is 0 Å². The predicted octanol–water partition coefficient (Wildman–Crippen LogP) is 4.43. The van der Waals surface area contributed by atoms with Gasteiger partial charge >= 0.3 is 0 Å². The van der Waals surface area contributed by atoms with Crippen LogP contribution in [0.2, 0.25) is 10.0 Å². The zero-order valence-corrected chi connectivity index (χ0v) is 14.1. The topological polar surface area (TPSA) is 47.3 Å². The molecule has 23 heavy (non-hydrogen) atoms. The molecule has 0 atom stereocenters. The highest BCUT2D eigenvalue weighted by molar-refractivity contribution is 6.32. The van der Waals surface area contributed by atoms with Gasteiger partial charge in [-0.15, -0.1) is 0 Å². The number of nitrogens with zero attached hydrogens (tertiary/aromatic N) is 2. The Hall–Kier alpha value is -1.75. The molecule has 120 valence electrons. The minimum absolute atomic E-state index is 0.110. The maximum Gasteiger partial charge on any atom is 0.140 e. The number of hydrogen-bond donors (Lipinski definition) is 1. The highest BCUT2D eigenvalue weighted by Crippen LogP contribution is 2.31. The van der Waals surface area contributed by atoms with Crippen LogP contribution in [-0.4, -0.2) is 14.7 Å². The Morgan fingerprint density at radius 1 is 1.17 bits per heavy atom. The summed E-state index contributed by atoms with van der Waals surface area (Å²) in [6.07, 6.45) is 0. The maximum absolute atomic E-state index is 9.41. The molecule has 0 unspecified atom stereocenters. The van der Waals surface area contributed by atoms with Gasteiger partial charge in [-0.05, 0) is 30.7 Å². The molecule has 0 bridgehead atoms. The van der Waals surface area contributed by atoms with Gasteiger partial charge < -0.3 is 14.4 Å². The van der Waals surface area contributed by atoms with E-state index in [4.69, 9.17) is 27.9 Å². The van der Waals surface area contributed by atoms with Crippen LogP contribution in [0.4, 0.5) is 0 Å². The Bertz CT molecular complexity index is 829. The van der Waals surface area contributed by atoms with Crippen molar-refractivity contribution in [2.45, 2.75) is 26.7 Å². The van der Waals surface area contributed by atoms with Crippen molar-refractivity contribution >= 4 is 34.2 Å². The number of fused-ring (bicyclic) bond motifs is 1. The fourth-order valence-corrected chi connectivity index (χ4v) is 2.84. The molecule has 1 heterocycles. The largest absolute Gasteiger partial charge is 0.487 e. The van der Waals surface area contributed by atoms with E-state index in [9.17, 15) is 5.11 Å². The average molecular weight is 351 g/mol. The van der Waals surface area contributed by atoms with Crippen molar-refractivity contribution in [2.24, 2.45) is 0 Å². The van der Waals surface area contributed by atoms with Crippen LogP contribution in [0.1, 0.15) is 18.3 Å². The molecule has 4 nitrogen and oxygen atoms in total. The summed E-state index contributed by atoms with van der Waals surface area (Å²) in [6.45, 7) is 3.00. The molecule has 1 N–H and O–H groups in total. The van der Waals surface area contributed by atoms with Crippen molar-refractivity contribution in [1.82, 2.24) is 9.55 Å². The number of imidazole rings is 1. The number of hydrogen-bond acceptors (Lipinski definition) is 3. The number of rotatable bonds is 5. The Labute approximate surface area is 144 Å². The summed E-state index contributed by atoms with van der Waals surface area (Å²) in [5.41, 5.74) is 2.65. The van der Waals surface area contributed by atoms with E-state index < -0.39 is 0 Å². The van der Waals surface area contributed by atoms with E-state index in [2.05, 4.69) is 4.98 Å². The summed E-state index contributed by atoms with van der Waals surface area (Å²) in [4.78, 5) is 4.39. The first-order valence-corrected chi connectivity index (χ1v) is 8.04. The number of aryl methyl sites for hydroxylation is 1. The van der Waals surface area contributed by atoms with Crippen LogP contribution < -0.4 is 4.74 Å². The lowest BCUT2D eigenvalue weighted by molar-refractivity contribution is 0.266. The molecule has 2 aromatic carbocycles. The van der Waals surface area contributed by atoms with Gasteiger partial charge in [-0.25, -0.2) is 4.98 Å². The minimum atomic E-state index is -0.110. The Morgan fingerprint density at radius 3 is 2.57 bits per heavy atom. The van der Waals surface area contributed by atoms with Gasteiger partial charge in [0.25, 0.3) is 0 Å². The molecule has 0 radical (unpaired) electrons. The number of aromatic nitrogens is 2. The molecule has 3 aromatic rings. The first-order chi connectivity index (χ1) is 11.1. The van der Waals surface area contributed by atoms with Crippen LogP contribution in [0.15, 0.2) is 36.4 Å². The summed E-state index contributed by atoms with van der Waals surface area (Å²) in [5, 5.41) is 10.6.